The molecule has 2 N–H and O–H groups in total. The highest BCUT2D eigenvalue weighted by atomic mass is 79.9. The molecular formula is C23H18BrFN2OS. The number of benzene rings is 3. The quantitative estimate of drug-likeness (QED) is 0.259. The molecule has 0 saturated carbocycles. The number of hydrogen-bond donors (Lipinski definition) is 2. The normalized spacial score (nSPS) is 11.0. The second-order valence-electron chi connectivity index (χ2n) is 6.49. The summed E-state index contributed by atoms with van der Waals surface area (Å²) in [6.07, 6.45) is 0. The molecule has 0 atom stereocenters. The first-order valence-corrected chi connectivity index (χ1v) is 10.9. The number of para-hydroxylation sites is 1. The van der Waals surface area contributed by atoms with Gasteiger partial charge in [0.2, 0.25) is 0 Å². The Bertz CT molecular complexity index is 1140. The minimum absolute atomic E-state index is 0.0872. The molecule has 6 heteroatoms. The summed E-state index contributed by atoms with van der Waals surface area (Å²) in [6.45, 7) is 0.544. The van der Waals surface area contributed by atoms with E-state index in [1.54, 1.807) is 36.0 Å². The van der Waals surface area contributed by atoms with Crippen LogP contribution in [0.15, 0.2) is 82.2 Å². The van der Waals surface area contributed by atoms with Crippen molar-refractivity contribution in [3.63, 3.8) is 0 Å². The Hall–Kier alpha value is -2.57. The highest BCUT2D eigenvalue weighted by molar-refractivity contribution is 9.10. The second kappa shape index (κ2) is 8.84. The predicted molar refractivity (Wildman–Crippen MR) is 121 cm³/mol. The predicted octanol–water partition coefficient (Wildman–Crippen LogP) is 6.26. The van der Waals surface area contributed by atoms with Crippen LogP contribution in [0.25, 0.3) is 22.2 Å². The number of carbonyl (C=O) groups excluding carboxylic acids is 1. The third kappa shape index (κ3) is 4.54. The summed E-state index contributed by atoms with van der Waals surface area (Å²) >= 11 is 5.05. The zero-order valence-corrected chi connectivity index (χ0v) is 17.8. The molecule has 0 fully saturated rings. The standard InChI is InChI=1S/C23H18BrFN2OS/c24-17-9-5-16(6-10-17)23(28)26-13-14-29-22-19-3-1-2-4-20(19)27-21(22)15-7-11-18(25)12-8-15/h1-12,27H,13-14H2,(H,26,28). The maximum absolute atomic E-state index is 13.3. The average molecular weight is 469 g/mol. The molecule has 0 spiro atoms. The molecule has 0 aliphatic heterocycles. The van der Waals surface area contributed by atoms with Gasteiger partial charge >= 0.3 is 0 Å². The lowest BCUT2D eigenvalue weighted by Crippen LogP contribution is -2.25. The maximum Gasteiger partial charge on any atom is 0.251 e. The maximum atomic E-state index is 13.3. The molecule has 1 aromatic heterocycles. The van der Waals surface area contributed by atoms with E-state index in [0.717, 1.165) is 37.3 Å². The van der Waals surface area contributed by atoms with Crippen molar-refractivity contribution in [1.82, 2.24) is 10.3 Å². The van der Waals surface area contributed by atoms with Gasteiger partial charge in [-0.1, -0.05) is 34.1 Å². The zero-order chi connectivity index (χ0) is 20.2. The highest BCUT2D eigenvalue weighted by Gasteiger charge is 2.14. The summed E-state index contributed by atoms with van der Waals surface area (Å²) in [7, 11) is 0. The summed E-state index contributed by atoms with van der Waals surface area (Å²) in [6, 6.07) is 21.9. The molecule has 0 unspecified atom stereocenters. The Kier molecular flexibility index (Phi) is 6.02. The van der Waals surface area contributed by atoms with Crippen molar-refractivity contribution in [2.45, 2.75) is 4.90 Å². The molecule has 1 heterocycles. The third-order valence-electron chi connectivity index (χ3n) is 4.53. The van der Waals surface area contributed by atoms with Crippen LogP contribution >= 0.6 is 27.7 Å². The zero-order valence-electron chi connectivity index (χ0n) is 15.4. The summed E-state index contributed by atoms with van der Waals surface area (Å²) in [5.41, 5.74) is 3.57. The molecule has 0 saturated heterocycles. The van der Waals surface area contributed by atoms with Crippen molar-refractivity contribution in [2.24, 2.45) is 0 Å². The largest absolute Gasteiger partial charge is 0.354 e. The van der Waals surface area contributed by atoms with Gasteiger partial charge in [-0.2, -0.15) is 0 Å². The first kappa shape index (κ1) is 19.7. The number of hydrogen-bond acceptors (Lipinski definition) is 2. The van der Waals surface area contributed by atoms with Gasteiger partial charge in [0.1, 0.15) is 5.82 Å². The van der Waals surface area contributed by atoms with Gasteiger partial charge in [-0.3, -0.25) is 4.79 Å². The van der Waals surface area contributed by atoms with Gasteiger partial charge in [-0.05, 0) is 60.2 Å². The Morgan fingerprint density at radius 2 is 1.72 bits per heavy atom. The van der Waals surface area contributed by atoms with Crippen LogP contribution in [-0.2, 0) is 0 Å². The van der Waals surface area contributed by atoms with E-state index < -0.39 is 0 Å². The van der Waals surface area contributed by atoms with E-state index >= 15 is 0 Å². The first-order valence-electron chi connectivity index (χ1n) is 9.15. The van der Waals surface area contributed by atoms with Gasteiger partial charge in [0, 0.05) is 38.1 Å². The fourth-order valence-corrected chi connectivity index (χ4v) is 4.43. The molecule has 146 valence electrons. The second-order valence-corrected chi connectivity index (χ2v) is 8.51. The van der Waals surface area contributed by atoms with E-state index in [4.69, 9.17) is 0 Å². The lowest BCUT2D eigenvalue weighted by atomic mass is 10.1. The Morgan fingerprint density at radius 1 is 1.00 bits per heavy atom. The van der Waals surface area contributed by atoms with Crippen LogP contribution in [0.3, 0.4) is 0 Å². The van der Waals surface area contributed by atoms with Crippen LogP contribution in [-0.4, -0.2) is 23.2 Å². The van der Waals surface area contributed by atoms with Gasteiger partial charge in [0.05, 0.1) is 5.69 Å². The number of amides is 1. The van der Waals surface area contributed by atoms with Crippen LogP contribution in [0.4, 0.5) is 4.39 Å². The topological polar surface area (TPSA) is 44.9 Å². The smallest absolute Gasteiger partial charge is 0.251 e. The molecule has 4 aromatic rings. The van der Waals surface area contributed by atoms with Crippen molar-refractivity contribution < 1.29 is 9.18 Å². The first-order chi connectivity index (χ1) is 14.1. The fraction of sp³-hybridized carbons (Fsp3) is 0.0870. The van der Waals surface area contributed by atoms with Crippen LogP contribution in [0.5, 0.6) is 0 Å². The number of aromatic nitrogens is 1. The van der Waals surface area contributed by atoms with E-state index in [-0.39, 0.29) is 11.7 Å². The number of fused-ring (bicyclic) bond motifs is 1. The lowest BCUT2D eigenvalue weighted by Gasteiger charge is -2.07. The number of H-pyrrole nitrogens is 1. The van der Waals surface area contributed by atoms with Gasteiger partial charge in [0.25, 0.3) is 5.91 Å². The number of halogens is 2. The van der Waals surface area contributed by atoms with E-state index in [1.165, 1.54) is 12.1 Å². The molecule has 1 amide bonds. The molecule has 29 heavy (non-hydrogen) atoms. The van der Waals surface area contributed by atoms with Gasteiger partial charge in [-0.25, -0.2) is 4.39 Å². The summed E-state index contributed by atoms with van der Waals surface area (Å²) in [5, 5.41) is 4.08. The Labute approximate surface area is 180 Å². The molecule has 3 nitrogen and oxygen atoms in total. The van der Waals surface area contributed by atoms with Crippen molar-refractivity contribution >= 4 is 44.5 Å². The van der Waals surface area contributed by atoms with Crippen molar-refractivity contribution in [2.75, 3.05) is 12.3 Å². The minimum atomic E-state index is -0.255. The fourth-order valence-electron chi connectivity index (χ4n) is 3.11. The van der Waals surface area contributed by atoms with E-state index in [0.29, 0.717) is 12.1 Å². The van der Waals surface area contributed by atoms with Crippen LogP contribution in [0.1, 0.15) is 10.4 Å². The van der Waals surface area contributed by atoms with Crippen molar-refractivity contribution in [1.29, 1.82) is 0 Å². The summed E-state index contributed by atoms with van der Waals surface area (Å²) in [4.78, 5) is 16.8. The monoisotopic (exact) mass is 468 g/mol. The van der Waals surface area contributed by atoms with Gasteiger partial charge in [-0.15, -0.1) is 11.8 Å². The van der Waals surface area contributed by atoms with Crippen LogP contribution in [0, 0.1) is 5.82 Å². The summed E-state index contributed by atoms with van der Waals surface area (Å²) < 4.78 is 14.3. The Morgan fingerprint density at radius 3 is 2.48 bits per heavy atom. The van der Waals surface area contributed by atoms with E-state index in [9.17, 15) is 9.18 Å². The Balaban J connectivity index is 1.48. The molecule has 0 aliphatic rings. The van der Waals surface area contributed by atoms with Crippen LogP contribution < -0.4 is 5.32 Å². The van der Waals surface area contributed by atoms with Gasteiger partial charge < -0.3 is 10.3 Å². The minimum Gasteiger partial charge on any atom is -0.354 e. The molecule has 0 radical (unpaired) electrons. The third-order valence-corrected chi connectivity index (χ3v) is 6.18. The number of rotatable bonds is 6. The number of carbonyl (C=O) groups is 1. The van der Waals surface area contributed by atoms with Crippen molar-refractivity contribution in [3.8, 4) is 11.3 Å². The number of nitrogens with one attached hydrogen (secondary N) is 2. The average Bonchev–Trinajstić information content (AvgIpc) is 3.10. The summed E-state index contributed by atoms with van der Waals surface area (Å²) in [5.74, 6) is 0.378. The van der Waals surface area contributed by atoms with Gasteiger partial charge in [0.15, 0.2) is 0 Å². The SMILES string of the molecule is O=C(NCCSc1c(-c2ccc(F)cc2)[nH]c2ccccc12)c1ccc(Br)cc1. The molecule has 4 rings (SSSR count). The molecule has 0 aliphatic carbocycles. The van der Waals surface area contributed by atoms with E-state index in [1.807, 2.05) is 30.3 Å². The highest BCUT2D eigenvalue weighted by Crippen LogP contribution is 2.37. The molecular weight excluding hydrogens is 451 g/mol. The van der Waals surface area contributed by atoms with Crippen molar-refractivity contribution in [3.05, 3.63) is 88.6 Å². The number of thioether (sulfide) groups is 1. The van der Waals surface area contributed by atoms with Crippen LogP contribution in [0.2, 0.25) is 0 Å². The molecule has 0 bridgehead atoms. The number of aromatic amines is 1. The molecule has 3 aromatic carbocycles. The lowest BCUT2D eigenvalue weighted by molar-refractivity contribution is 0.0956. The van der Waals surface area contributed by atoms with E-state index in [2.05, 4.69) is 32.3 Å².